The molecule has 0 spiro atoms. The normalized spacial score (nSPS) is 16.0. The molecule has 5 rings (SSSR count). The number of anilines is 2. The lowest BCUT2D eigenvalue weighted by molar-refractivity contribution is 0.185. The Morgan fingerprint density at radius 2 is 1.67 bits per heavy atom. The van der Waals surface area contributed by atoms with Crippen LogP contribution in [-0.2, 0) is 0 Å². The topological polar surface area (TPSA) is 53.6 Å². The van der Waals surface area contributed by atoms with Gasteiger partial charge in [-0.15, -0.1) is 0 Å². The van der Waals surface area contributed by atoms with E-state index in [9.17, 15) is 4.79 Å². The van der Waals surface area contributed by atoms with Gasteiger partial charge in [0.15, 0.2) is 0 Å². The standard InChI is InChI=1S/C28H27N3O2/c1-20(24-15-9-11-21-10-5-6-14-25(21)24)29-18-23-19-31(26-16-7-8-17-27(26)33-23)28(32)30-22-12-3-2-4-13-22/h2-17,20,23,29H,18-19H2,1H3,(H,30,32)/t20-,23?/m1/s1. The molecule has 0 saturated heterocycles. The van der Waals surface area contributed by atoms with Gasteiger partial charge >= 0.3 is 6.03 Å². The van der Waals surface area contributed by atoms with Gasteiger partial charge in [0.2, 0.25) is 0 Å². The van der Waals surface area contributed by atoms with Crippen LogP contribution in [0.15, 0.2) is 97.1 Å². The second-order valence-electron chi connectivity index (χ2n) is 8.31. The molecule has 1 heterocycles. The number of nitrogens with zero attached hydrogens (tertiary/aromatic N) is 1. The molecule has 1 aliphatic rings. The monoisotopic (exact) mass is 437 g/mol. The minimum Gasteiger partial charge on any atom is -0.485 e. The number of rotatable bonds is 5. The summed E-state index contributed by atoms with van der Waals surface area (Å²) < 4.78 is 6.25. The third kappa shape index (κ3) is 4.54. The summed E-state index contributed by atoms with van der Waals surface area (Å²) in [6, 6.07) is 32.0. The van der Waals surface area contributed by atoms with Gasteiger partial charge in [0.1, 0.15) is 11.9 Å². The zero-order valence-corrected chi connectivity index (χ0v) is 18.6. The van der Waals surface area contributed by atoms with Crippen molar-refractivity contribution in [3.63, 3.8) is 0 Å². The number of ether oxygens (including phenoxy) is 1. The number of urea groups is 1. The van der Waals surface area contributed by atoms with Crippen LogP contribution < -0.4 is 20.3 Å². The lowest BCUT2D eigenvalue weighted by atomic mass is 9.99. The van der Waals surface area contributed by atoms with E-state index in [0.717, 1.165) is 17.1 Å². The molecule has 0 fully saturated rings. The Morgan fingerprint density at radius 1 is 0.939 bits per heavy atom. The number of benzene rings is 4. The lowest BCUT2D eigenvalue weighted by Gasteiger charge is -2.35. The number of hydrogen-bond acceptors (Lipinski definition) is 3. The van der Waals surface area contributed by atoms with Crippen LogP contribution >= 0.6 is 0 Å². The maximum Gasteiger partial charge on any atom is 0.326 e. The molecule has 4 aromatic carbocycles. The van der Waals surface area contributed by atoms with Crippen LogP contribution in [-0.4, -0.2) is 25.2 Å². The molecule has 5 heteroatoms. The van der Waals surface area contributed by atoms with Gasteiger partial charge in [0, 0.05) is 18.3 Å². The molecule has 0 bridgehead atoms. The molecule has 4 aromatic rings. The van der Waals surface area contributed by atoms with Gasteiger partial charge in [-0.05, 0) is 47.5 Å². The number of amides is 2. The average molecular weight is 438 g/mol. The predicted molar refractivity (Wildman–Crippen MR) is 134 cm³/mol. The van der Waals surface area contributed by atoms with Crippen molar-refractivity contribution >= 4 is 28.2 Å². The zero-order chi connectivity index (χ0) is 22.6. The van der Waals surface area contributed by atoms with Crippen LogP contribution in [0, 0.1) is 0 Å². The summed E-state index contributed by atoms with van der Waals surface area (Å²) in [5, 5.41) is 9.09. The lowest BCUT2D eigenvalue weighted by Crippen LogP contribution is -2.49. The van der Waals surface area contributed by atoms with E-state index in [2.05, 4.69) is 60.0 Å². The highest BCUT2D eigenvalue weighted by atomic mass is 16.5. The highest BCUT2D eigenvalue weighted by molar-refractivity contribution is 6.03. The Balaban J connectivity index is 1.31. The molecular weight excluding hydrogens is 410 g/mol. The van der Waals surface area contributed by atoms with Crippen molar-refractivity contribution in [2.24, 2.45) is 0 Å². The van der Waals surface area contributed by atoms with Gasteiger partial charge in [-0.25, -0.2) is 4.79 Å². The number of carbonyl (C=O) groups excluding carboxylic acids is 1. The van der Waals surface area contributed by atoms with E-state index in [-0.39, 0.29) is 18.2 Å². The number of nitrogens with one attached hydrogen (secondary N) is 2. The highest BCUT2D eigenvalue weighted by Crippen LogP contribution is 2.33. The van der Waals surface area contributed by atoms with Crippen LogP contribution in [0.25, 0.3) is 10.8 Å². The van der Waals surface area contributed by atoms with Crippen molar-refractivity contribution in [3.05, 3.63) is 103 Å². The van der Waals surface area contributed by atoms with Crippen LogP contribution in [0.3, 0.4) is 0 Å². The third-order valence-electron chi connectivity index (χ3n) is 6.05. The Kier molecular flexibility index (Phi) is 5.96. The van der Waals surface area contributed by atoms with Gasteiger partial charge < -0.3 is 15.4 Å². The molecule has 2 amide bonds. The number of hydrogen-bond donors (Lipinski definition) is 2. The number of fused-ring (bicyclic) bond motifs is 2. The SMILES string of the molecule is C[C@@H](NCC1CN(C(=O)Nc2ccccc2)c2ccccc2O1)c1cccc2ccccc12. The molecule has 5 nitrogen and oxygen atoms in total. The molecular formula is C28H27N3O2. The first kappa shape index (κ1) is 21.0. The summed E-state index contributed by atoms with van der Waals surface area (Å²) in [6.45, 7) is 3.25. The average Bonchev–Trinajstić information content (AvgIpc) is 2.87. The predicted octanol–water partition coefficient (Wildman–Crippen LogP) is 5.99. The minimum absolute atomic E-state index is 0.142. The van der Waals surface area contributed by atoms with E-state index >= 15 is 0 Å². The largest absolute Gasteiger partial charge is 0.485 e. The molecule has 2 atom stereocenters. The first-order valence-electron chi connectivity index (χ1n) is 11.3. The van der Waals surface area contributed by atoms with Gasteiger partial charge in [-0.3, -0.25) is 4.90 Å². The summed E-state index contributed by atoms with van der Waals surface area (Å²) >= 11 is 0. The fourth-order valence-corrected chi connectivity index (χ4v) is 4.36. The summed E-state index contributed by atoms with van der Waals surface area (Å²) in [7, 11) is 0. The van der Waals surface area contributed by atoms with Crippen molar-refractivity contribution < 1.29 is 9.53 Å². The van der Waals surface area contributed by atoms with E-state index < -0.39 is 0 Å². The first-order valence-corrected chi connectivity index (χ1v) is 11.3. The van der Waals surface area contributed by atoms with E-state index in [0.29, 0.717) is 13.1 Å². The van der Waals surface area contributed by atoms with E-state index in [1.54, 1.807) is 4.90 Å². The quantitative estimate of drug-likeness (QED) is 0.403. The van der Waals surface area contributed by atoms with Crippen molar-refractivity contribution in [2.75, 3.05) is 23.3 Å². The third-order valence-corrected chi connectivity index (χ3v) is 6.05. The molecule has 0 saturated carbocycles. The summed E-state index contributed by atoms with van der Waals surface area (Å²) in [6.07, 6.45) is -0.168. The maximum absolute atomic E-state index is 13.1. The van der Waals surface area contributed by atoms with Crippen LogP contribution in [0.5, 0.6) is 5.75 Å². The summed E-state index contributed by atoms with van der Waals surface area (Å²) in [5.41, 5.74) is 2.80. The number of para-hydroxylation sites is 3. The second kappa shape index (κ2) is 9.35. The maximum atomic E-state index is 13.1. The van der Waals surface area contributed by atoms with Crippen LogP contribution in [0.1, 0.15) is 18.5 Å². The molecule has 2 N–H and O–H groups in total. The van der Waals surface area contributed by atoms with Crippen LogP contribution in [0.2, 0.25) is 0 Å². The van der Waals surface area contributed by atoms with Crippen molar-refractivity contribution in [1.82, 2.24) is 5.32 Å². The van der Waals surface area contributed by atoms with Crippen molar-refractivity contribution in [1.29, 1.82) is 0 Å². The molecule has 1 unspecified atom stereocenters. The molecule has 0 aliphatic carbocycles. The minimum atomic E-state index is -0.168. The summed E-state index contributed by atoms with van der Waals surface area (Å²) in [4.78, 5) is 14.9. The number of carbonyl (C=O) groups is 1. The fourth-order valence-electron chi connectivity index (χ4n) is 4.36. The molecule has 1 aliphatic heterocycles. The van der Waals surface area contributed by atoms with Gasteiger partial charge in [-0.2, -0.15) is 0 Å². The van der Waals surface area contributed by atoms with Gasteiger partial charge in [0.25, 0.3) is 0 Å². The van der Waals surface area contributed by atoms with E-state index in [1.807, 2.05) is 54.6 Å². The first-order chi connectivity index (χ1) is 16.2. The second-order valence-corrected chi connectivity index (χ2v) is 8.31. The Morgan fingerprint density at radius 3 is 2.55 bits per heavy atom. The molecule has 33 heavy (non-hydrogen) atoms. The highest BCUT2D eigenvalue weighted by Gasteiger charge is 2.30. The molecule has 0 aromatic heterocycles. The zero-order valence-electron chi connectivity index (χ0n) is 18.6. The van der Waals surface area contributed by atoms with E-state index in [4.69, 9.17) is 4.74 Å². The Labute approximate surface area is 194 Å². The van der Waals surface area contributed by atoms with Crippen LogP contribution in [0.4, 0.5) is 16.2 Å². The molecule has 166 valence electrons. The van der Waals surface area contributed by atoms with Crippen molar-refractivity contribution in [3.8, 4) is 5.75 Å². The van der Waals surface area contributed by atoms with Crippen molar-refractivity contribution in [2.45, 2.75) is 19.1 Å². The summed E-state index contributed by atoms with van der Waals surface area (Å²) in [5.74, 6) is 0.719. The molecule has 0 radical (unpaired) electrons. The van der Waals surface area contributed by atoms with Gasteiger partial charge in [0.05, 0.1) is 12.2 Å². The van der Waals surface area contributed by atoms with E-state index in [1.165, 1.54) is 16.3 Å². The Bertz CT molecular complexity index is 1250. The fraction of sp³-hybridized carbons (Fsp3) is 0.179. The Hall–Kier alpha value is -3.83. The van der Waals surface area contributed by atoms with Gasteiger partial charge in [-0.1, -0.05) is 72.8 Å². The smallest absolute Gasteiger partial charge is 0.326 e.